The van der Waals surface area contributed by atoms with Gasteiger partial charge in [-0.25, -0.2) is 4.98 Å². The van der Waals surface area contributed by atoms with E-state index in [2.05, 4.69) is 22.1 Å². The number of nitriles is 1. The van der Waals surface area contributed by atoms with E-state index in [1.165, 1.54) is 6.07 Å². The quantitative estimate of drug-likeness (QED) is 0.142. The van der Waals surface area contributed by atoms with Gasteiger partial charge in [0.25, 0.3) is 5.91 Å². The van der Waals surface area contributed by atoms with Crippen molar-refractivity contribution in [1.29, 1.82) is 5.26 Å². The topological polar surface area (TPSA) is 136 Å². The lowest BCUT2D eigenvalue weighted by atomic mass is 9.89. The summed E-state index contributed by atoms with van der Waals surface area (Å²) in [5, 5.41) is 11.6. The molecule has 60 heavy (non-hydrogen) atoms. The number of aromatic nitrogens is 1. The number of piperidine rings is 2. The number of halogens is 3. The number of Topliss-reactive ketones (excluding diaryl/α,β-unsaturated/α-hetero) is 1. The second-order valence-corrected chi connectivity index (χ2v) is 16.3. The fraction of sp³-hybridized carbons (Fsp3) is 0.465. The maximum Gasteiger partial charge on any atom is 0.417 e. The van der Waals surface area contributed by atoms with E-state index >= 15 is 0 Å². The molecule has 17 heteroatoms. The zero-order chi connectivity index (χ0) is 41.9. The minimum absolute atomic E-state index is 0. The number of ether oxygens (including phenoxy) is 1. The number of nitrogens with one attached hydrogen (secondary N) is 1. The van der Waals surface area contributed by atoms with Crippen molar-refractivity contribution in [2.24, 2.45) is 11.8 Å². The number of hydrogen-bond acceptors (Lipinski definition) is 9. The number of hydrogen-bond donors (Lipinski definition) is 1. The molecule has 3 aliphatic heterocycles. The molecule has 3 amide bonds. The van der Waals surface area contributed by atoms with Crippen LogP contribution in [0, 0.1) is 23.2 Å². The van der Waals surface area contributed by atoms with Crippen LogP contribution in [0.15, 0.2) is 54.7 Å². The Balaban J connectivity index is 0.00000397. The molecule has 0 spiro atoms. The summed E-state index contributed by atoms with van der Waals surface area (Å²) in [6, 6.07) is 14.5. The molecule has 0 aliphatic carbocycles. The molecular weight excluding hydrogens is 834 g/mol. The van der Waals surface area contributed by atoms with E-state index in [4.69, 9.17) is 17.0 Å². The molecule has 4 heterocycles. The van der Waals surface area contributed by atoms with Crippen molar-refractivity contribution in [3.05, 3.63) is 82.5 Å². The highest BCUT2D eigenvalue weighted by molar-refractivity contribution is 7.81. The van der Waals surface area contributed by atoms with Crippen molar-refractivity contribution in [1.82, 2.24) is 15.2 Å². The number of anilines is 2. The fourth-order valence-electron chi connectivity index (χ4n) is 8.18. The first-order chi connectivity index (χ1) is 27.5. The number of pyridine rings is 1. The number of carbonyl (C=O) groups is 4. The normalized spacial score (nSPS) is 20.5. The molecular formula is C43H51F3N6O5S3. The number of alkyl halides is 3. The largest absolute Gasteiger partial charge is 0.477 e. The van der Waals surface area contributed by atoms with Crippen LogP contribution in [0.4, 0.5) is 24.5 Å². The second-order valence-electron chi connectivity index (χ2n) is 15.9. The molecule has 1 unspecified atom stereocenters. The summed E-state index contributed by atoms with van der Waals surface area (Å²) in [5.41, 5.74) is 0.133. The number of ketones is 1. The summed E-state index contributed by atoms with van der Waals surface area (Å²) in [4.78, 5) is 60.0. The monoisotopic (exact) mass is 884 g/mol. The highest BCUT2D eigenvalue weighted by Crippen LogP contribution is 2.40. The second kappa shape index (κ2) is 19.9. The van der Waals surface area contributed by atoms with Gasteiger partial charge in [-0.2, -0.15) is 45.4 Å². The lowest BCUT2D eigenvalue weighted by molar-refractivity contribution is -0.138. The number of carbonyl (C=O) groups excluding carboxylic acids is 4. The Hall–Kier alpha value is -4.50. The minimum atomic E-state index is -4.80. The average Bonchev–Trinajstić information content (AvgIpc) is 3.35. The molecule has 1 N–H and O–H groups in total. The van der Waals surface area contributed by atoms with Crippen molar-refractivity contribution in [2.45, 2.75) is 96.8 Å². The molecule has 3 fully saturated rings. The molecule has 0 saturated carbocycles. The number of thiocarbonyl (C=S) groups is 1. The number of nitrogens with zero attached hydrogens (tertiary/aromatic N) is 5. The first kappa shape index (κ1) is 48.2. The number of aryl methyl sites for hydroxylation is 1. The Kier molecular flexibility index (Phi) is 16.0. The van der Waals surface area contributed by atoms with Crippen molar-refractivity contribution in [3.8, 4) is 11.9 Å². The highest BCUT2D eigenvalue weighted by Gasteiger charge is 2.51. The summed E-state index contributed by atoms with van der Waals surface area (Å²) in [6.45, 7) is 8.96. The molecule has 3 saturated heterocycles. The van der Waals surface area contributed by atoms with Gasteiger partial charge in [0.1, 0.15) is 5.54 Å². The van der Waals surface area contributed by atoms with Crippen LogP contribution < -0.4 is 19.9 Å². The Morgan fingerprint density at radius 2 is 1.80 bits per heavy atom. The van der Waals surface area contributed by atoms with Gasteiger partial charge < -0.3 is 9.64 Å². The third-order valence-corrected chi connectivity index (χ3v) is 11.8. The lowest BCUT2D eigenvalue weighted by Crippen LogP contribution is -2.44. The summed E-state index contributed by atoms with van der Waals surface area (Å²) in [7, 11) is 0. The zero-order valence-corrected chi connectivity index (χ0v) is 36.8. The van der Waals surface area contributed by atoms with Gasteiger partial charge in [0.15, 0.2) is 10.9 Å². The molecule has 3 atom stereocenters. The molecule has 11 nitrogen and oxygen atoms in total. The minimum Gasteiger partial charge on any atom is -0.477 e. The van der Waals surface area contributed by atoms with Gasteiger partial charge in [-0.15, -0.1) is 0 Å². The van der Waals surface area contributed by atoms with Crippen LogP contribution in [0.25, 0.3) is 0 Å². The van der Waals surface area contributed by atoms with Crippen molar-refractivity contribution < 1.29 is 37.1 Å². The van der Waals surface area contributed by atoms with Crippen molar-refractivity contribution in [2.75, 3.05) is 29.5 Å². The van der Waals surface area contributed by atoms with Crippen LogP contribution >= 0.6 is 39.2 Å². The summed E-state index contributed by atoms with van der Waals surface area (Å²) >= 11 is 5.69. The van der Waals surface area contributed by atoms with Crippen LogP contribution in [0.3, 0.4) is 0 Å². The van der Waals surface area contributed by atoms with Crippen molar-refractivity contribution >= 4 is 79.2 Å². The number of benzene rings is 2. The number of amides is 3. The Morgan fingerprint density at radius 1 is 1.07 bits per heavy atom. The van der Waals surface area contributed by atoms with E-state index in [0.29, 0.717) is 62.7 Å². The van der Waals surface area contributed by atoms with E-state index in [9.17, 15) is 37.6 Å². The van der Waals surface area contributed by atoms with Crippen LogP contribution in [-0.2, 0) is 44.6 Å². The first-order valence-electron chi connectivity index (χ1n) is 19.6. The number of rotatable bonds is 13. The van der Waals surface area contributed by atoms with Crippen LogP contribution in [-0.4, -0.2) is 69.8 Å². The molecule has 2 aromatic carbocycles. The molecule has 6 rings (SSSR count). The molecule has 1 aromatic heterocycles. The Bertz CT molecular complexity index is 2160. The van der Waals surface area contributed by atoms with Crippen LogP contribution in [0.1, 0.15) is 87.6 Å². The zero-order valence-electron chi connectivity index (χ0n) is 34.0. The summed E-state index contributed by atoms with van der Waals surface area (Å²) < 4.78 is 47.5. The Labute approximate surface area is 367 Å². The van der Waals surface area contributed by atoms with Gasteiger partial charge in [-0.1, -0.05) is 31.2 Å². The molecule has 0 radical (unpaired) electrons. The van der Waals surface area contributed by atoms with E-state index in [1.807, 2.05) is 37.3 Å². The van der Waals surface area contributed by atoms with E-state index in [-0.39, 0.29) is 67.3 Å². The van der Waals surface area contributed by atoms with Crippen LogP contribution in [0.5, 0.6) is 5.88 Å². The smallest absolute Gasteiger partial charge is 0.417 e. The average molecular weight is 885 g/mol. The van der Waals surface area contributed by atoms with E-state index in [0.717, 1.165) is 59.5 Å². The highest BCUT2D eigenvalue weighted by atomic mass is 32.1. The molecule has 322 valence electrons. The maximum atomic E-state index is 13.8. The SMILES string of the molecule is CCc1cc(N2C(=S)N(c3ccc(C#N)c(C(F)(F)F)c3)C(=O)C2(C)C)cnc1OCC[C@H]1CCN(CC(=O)Cc2cccc(CC3CCC(=O)NC3=O)c2)[C@@H](C)C1.S.S. The third-order valence-electron chi connectivity index (χ3n) is 11.4. The molecule has 0 bridgehead atoms. The van der Waals surface area contributed by atoms with Gasteiger partial charge >= 0.3 is 6.18 Å². The number of imide groups is 1. The summed E-state index contributed by atoms with van der Waals surface area (Å²) in [5.74, 6) is -0.251. The van der Waals surface area contributed by atoms with Gasteiger partial charge in [0, 0.05) is 30.4 Å². The van der Waals surface area contributed by atoms with Gasteiger partial charge in [0.05, 0.1) is 47.9 Å². The predicted octanol–water partition coefficient (Wildman–Crippen LogP) is 6.95. The molecule has 3 aromatic rings. The maximum absolute atomic E-state index is 13.8. The number of likely N-dealkylation sites (tertiary alicyclic amines) is 1. The van der Waals surface area contributed by atoms with Crippen molar-refractivity contribution in [3.63, 3.8) is 0 Å². The third kappa shape index (κ3) is 10.7. The Morgan fingerprint density at radius 3 is 2.47 bits per heavy atom. The van der Waals surface area contributed by atoms with Crippen LogP contribution in [0.2, 0.25) is 0 Å². The standard InChI is InChI=1S/C43H47F3N6O5S.2H2S/c1-5-30-21-34(52-41(58)51(40(56)42(52,3)4)33-11-9-32(23-47)36(22-33)43(44,45)46)24-48-39(30)57-16-14-27-13-15-50(26(2)17-27)25-35(53)20-29-8-6-7-28(18-29)19-31-10-12-37(54)49-38(31)55;;/h6-9,11,18,21-22,24,26-27,31H,5,10,12-17,19-20,25H2,1-4H3,(H,49,54,55);2*1H2/t26-,27+,31?;;/m0../s1. The fourth-order valence-corrected chi connectivity index (χ4v) is 8.70. The predicted molar refractivity (Wildman–Crippen MR) is 236 cm³/mol. The van der Waals surface area contributed by atoms with E-state index < -0.39 is 28.7 Å². The lowest BCUT2D eigenvalue weighted by Gasteiger charge is -2.37. The van der Waals surface area contributed by atoms with Gasteiger partial charge in [-0.3, -0.25) is 34.3 Å². The van der Waals surface area contributed by atoms with Gasteiger partial charge in [0.2, 0.25) is 17.7 Å². The van der Waals surface area contributed by atoms with E-state index in [1.54, 1.807) is 31.0 Å². The first-order valence-corrected chi connectivity index (χ1v) is 20.0. The summed E-state index contributed by atoms with van der Waals surface area (Å²) in [6.07, 6.45) is 1.66. The molecule has 3 aliphatic rings. The van der Waals surface area contributed by atoms with Gasteiger partial charge in [-0.05, 0) is 119 Å².